The van der Waals surface area contributed by atoms with Gasteiger partial charge in [0.25, 0.3) is 0 Å². The van der Waals surface area contributed by atoms with E-state index in [1.807, 2.05) is 19.1 Å². The van der Waals surface area contributed by atoms with Gasteiger partial charge in [0.05, 0.1) is 17.8 Å². The minimum absolute atomic E-state index is 0.180. The van der Waals surface area contributed by atoms with Crippen LogP contribution in [0.3, 0.4) is 0 Å². The summed E-state index contributed by atoms with van der Waals surface area (Å²) in [6.45, 7) is 2.42. The first kappa shape index (κ1) is 18.7. The Hall–Kier alpha value is -3.66. The Morgan fingerprint density at radius 2 is 1.97 bits per heavy atom. The zero-order chi connectivity index (χ0) is 20.1. The molecule has 146 valence electrons. The Morgan fingerprint density at radius 1 is 1.10 bits per heavy atom. The molecule has 1 atom stereocenters. The molecule has 0 spiro atoms. The first-order valence-corrected chi connectivity index (χ1v) is 9.07. The number of halogens is 1. The fourth-order valence-corrected chi connectivity index (χ4v) is 2.74. The molecule has 0 radical (unpaired) electrons. The third-order valence-electron chi connectivity index (χ3n) is 3.88. The molecule has 0 aliphatic heterocycles. The predicted octanol–water partition coefficient (Wildman–Crippen LogP) is 2.78. The van der Waals surface area contributed by atoms with E-state index >= 15 is 0 Å². The van der Waals surface area contributed by atoms with Gasteiger partial charge in [-0.15, -0.1) is 5.10 Å². The Morgan fingerprint density at radius 3 is 2.69 bits per heavy atom. The van der Waals surface area contributed by atoms with Crippen LogP contribution < -0.4 is 10.1 Å². The van der Waals surface area contributed by atoms with Crippen molar-refractivity contribution in [3.63, 3.8) is 0 Å². The van der Waals surface area contributed by atoms with E-state index in [4.69, 9.17) is 16.3 Å². The first-order chi connectivity index (χ1) is 14.2. The smallest absolute Gasteiger partial charge is 0.228 e. The molecule has 4 aromatic rings. The summed E-state index contributed by atoms with van der Waals surface area (Å²) in [6, 6.07) is 5.52. The molecule has 1 aromatic carbocycles. The van der Waals surface area contributed by atoms with Crippen molar-refractivity contribution in [3.8, 4) is 16.9 Å². The molecule has 11 heteroatoms. The van der Waals surface area contributed by atoms with Crippen molar-refractivity contribution in [2.75, 3.05) is 5.32 Å². The second-order valence-corrected chi connectivity index (χ2v) is 6.52. The summed E-state index contributed by atoms with van der Waals surface area (Å²) in [5.74, 6) is 1.56. The summed E-state index contributed by atoms with van der Waals surface area (Å²) in [5.41, 5.74) is 1.70. The summed E-state index contributed by atoms with van der Waals surface area (Å²) < 4.78 is 7.56. The molecule has 1 unspecified atom stereocenters. The van der Waals surface area contributed by atoms with Crippen molar-refractivity contribution >= 4 is 23.4 Å². The third-order valence-corrected chi connectivity index (χ3v) is 4.20. The van der Waals surface area contributed by atoms with Crippen LogP contribution >= 0.6 is 11.6 Å². The zero-order valence-corrected chi connectivity index (χ0v) is 16.1. The molecule has 0 bridgehead atoms. The molecule has 3 heterocycles. The number of nitrogens with one attached hydrogen (secondary N) is 1. The maximum atomic E-state index is 6.30. The number of rotatable bonds is 7. The number of tetrazole rings is 1. The van der Waals surface area contributed by atoms with Crippen molar-refractivity contribution in [2.24, 2.45) is 0 Å². The average Bonchev–Trinajstić information content (AvgIpc) is 3.24. The molecule has 3 aromatic heterocycles. The second kappa shape index (κ2) is 8.57. The number of aromatic nitrogens is 8. The van der Waals surface area contributed by atoms with E-state index in [0.29, 0.717) is 29.1 Å². The summed E-state index contributed by atoms with van der Waals surface area (Å²) in [6.07, 6.45) is 9.56. The Labute approximate surface area is 171 Å². The highest BCUT2D eigenvalue weighted by Crippen LogP contribution is 2.31. The molecule has 29 heavy (non-hydrogen) atoms. The Bertz CT molecular complexity index is 1060. The van der Waals surface area contributed by atoms with Gasteiger partial charge in [-0.05, 0) is 35.0 Å². The van der Waals surface area contributed by atoms with Gasteiger partial charge in [-0.1, -0.05) is 17.7 Å². The minimum atomic E-state index is -0.180. The van der Waals surface area contributed by atoms with Crippen LogP contribution in [-0.2, 0) is 6.54 Å². The van der Waals surface area contributed by atoms with Gasteiger partial charge in [-0.25, -0.2) is 19.6 Å². The van der Waals surface area contributed by atoms with E-state index in [2.05, 4.69) is 40.8 Å². The number of hydrogen-bond acceptors (Lipinski definition) is 9. The zero-order valence-electron chi connectivity index (χ0n) is 15.3. The monoisotopic (exact) mass is 409 g/mol. The van der Waals surface area contributed by atoms with Crippen LogP contribution in [0.2, 0.25) is 5.02 Å². The lowest BCUT2D eigenvalue weighted by Gasteiger charge is -2.16. The normalized spacial score (nSPS) is 11.8. The summed E-state index contributed by atoms with van der Waals surface area (Å²) >= 11 is 6.30. The van der Waals surface area contributed by atoms with Gasteiger partial charge in [0.2, 0.25) is 5.95 Å². The predicted molar refractivity (Wildman–Crippen MR) is 106 cm³/mol. The van der Waals surface area contributed by atoms with E-state index in [1.54, 1.807) is 41.7 Å². The topological polar surface area (TPSA) is 116 Å². The van der Waals surface area contributed by atoms with E-state index in [1.165, 1.54) is 6.33 Å². The van der Waals surface area contributed by atoms with Gasteiger partial charge in [0.1, 0.15) is 18.2 Å². The van der Waals surface area contributed by atoms with Crippen molar-refractivity contribution in [2.45, 2.75) is 19.6 Å². The summed E-state index contributed by atoms with van der Waals surface area (Å²) in [4.78, 5) is 16.8. The fourth-order valence-electron chi connectivity index (χ4n) is 2.57. The number of anilines is 2. The van der Waals surface area contributed by atoms with Gasteiger partial charge in [0.15, 0.2) is 5.82 Å². The van der Waals surface area contributed by atoms with Crippen molar-refractivity contribution in [1.29, 1.82) is 0 Å². The van der Waals surface area contributed by atoms with Gasteiger partial charge in [-0.2, -0.15) is 0 Å². The van der Waals surface area contributed by atoms with Crippen LogP contribution in [0.1, 0.15) is 6.92 Å². The van der Waals surface area contributed by atoms with E-state index in [9.17, 15) is 0 Å². The van der Waals surface area contributed by atoms with E-state index in [0.717, 1.165) is 11.1 Å². The second-order valence-electron chi connectivity index (χ2n) is 6.12. The summed E-state index contributed by atoms with van der Waals surface area (Å²) in [5, 5.41) is 14.6. The summed E-state index contributed by atoms with van der Waals surface area (Å²) in [7, 11) is 0. The van der Waals surface area contributed by atoms with Crippen LogP contribution in [-0.4, -0.2) is 46.2 Å². The fraction of sp³-hybridized carbons (Fsp3) is 0.167. The van der Waals surface area contributed by atoms with Crippen LogP contribution in [0.25, 0.3) is 11.1 Å². The van der Waals surface area contributed by atoms with Crippen LogP contribution in [0, 0.1) is 0 Å². The molecular formula is C18H16ClN9O. The largest absolute Gasteiger partial charge is 0.487 e. The van der Waals surface area contributed by atoms with E-state index < -0.39 is 0 Å². The van der Waals surface area contributed by atoms with Crippen molar-refractivity contribution in [3.05, 3.63) is 60.5 Å². The molecule has 0 saturated heterocycles. The van der Waals surface area contributed by atoms with Gasteiger partial charge in [-0.3, -0.25) is 4.98 Å². The van der Waals surface area contributed by atoms with Crippen LogP contribution in [0.4, 0.5) is 11.8 Å². The van der Waals surface area contributed by atoms with Crippen LogP contribution in [0.15, 0.2) is 55.5 Å². The lowest BCUT2D eigenvalue weighted by molar-refractivity contribution is 0.193. The SMILES string of the molecule is CC(Cn1cnnn1)Oc1cc(-c2cnc(Nc3cnccn3)nc2)ccc1Cl. The lowest BCUT2D eigenvalue weighted by Crippen LogP contribution is -2.20. The highest BCUT2D eigenvalue weighted by atomic mass is 35.5. The number of benzene rings is 1. The van der Waals surface area contributed by atoms with E-state index in [-0.39, 0.29) is 6.10 Å². The third kappa shape index (κ3) is 4.79. The maximum absolute atomic E-state index is 6.30. The molecule has 0 fully saturated rings. The standard InChI is InChI=1S/C18H16ClN9O/c1-12(10-28-11-24-26-27-28)29-16-6-13(2-3-15(16)19)14-7-22-18(23-8-14)25-17-9-20-4-5-21-17/h2-9,11-12H,10H2,1H3,(H,21,22,23,25). The maximum Gasteiger partial charge on any atom is 0.228 e. The molecule has 0 amide bonds. The van der Waals surface area contributed by atoms with Gasteiger partial charge >= 0.3 is 0 Å². The minimum Gasteiger partial charge on any atom is -0.487 e. The molecule has 0 aliphatic carbocycles. The molecule has 0 saturated carbocycles. The molecular weight excluding hydrogens is 394 g/mol. The highest BCUT2D eigenvalue weighted by molar-refractivity contribution is 6.32. The molecule has 0 aliphatic rings. The van der Waals surface area contributed by atoms with Crippen LogP contribution in [0.5, 0.6) is 5.75 Å². The van der Waals surface area contributed by atoms with Gasteiger partial charge < -0.3 is 10.1 Å². The molecule has 10 nitrogen and oxygen atoms in total. The van der Waals surface area contributed by atoms with Crippen molar-refractivity contribution < 1.29 is 4.74 Å². The first-order valence-electron chi connectivity index (χ1n) is 8.70. The molecule has 1 N–H and O–H groups in total. The van der Waals surface area contributed by atoms with Gasteiger partial charge in [0, 0.05) is 30.4 Å². The lowest BCUT2D eigenvalue weighted by atomic mass is 10.1. The number of ether oxygens (including phenoxy) is 1. The Balaban J connectivity index is 1.47. The Kier molecular flexibility index (Phi) is 5.52. The highest BCUT2D eigenvalue weighted by Gasteiger charge is 2.11. The van der Waals surface area contributed by atoms with Crippen molar-refractivity contribution in [1.82, 2.24) is 40.1 Å². The average molecular weight is 410 g/mol. The number of hydrogen-bond donors (Lipinski definition) is 1. The molecule has 4 rings (SSSR count). The quantitative estimate of drug-likeness (QED) is 0.491. The number of nitrogens with zero attached hydrogens (tertiary/aromatic N) is 8.